The maximum Gasteiger partial charge on any atom is 0.334 e. The number of aliphatic hydroxyl groups excluding tert-OH is 1. The van der Waals surface area contributed by atoms with E-state index in [4.69, 9.17) is 14.6 Å². The van der Waals surface area contributed by atoms with Crippen LogP contribution in [0.15, 0.2) is 35.1 Å². The number of hydrogen-bond acceptors (Lipinski definition) is 6. The Labute approximate surface area is 113 Å². The van der Waals surface area contributed by atoms with Crippen molar-refractivity contribution in [1.29, 1.82) is 0 Å². The van der Waals surface area contributed by atoms with Gasteiger partial charge in [0.25, 0.3) is 5.91 Å². The van der Waals surface area contributed by atoms with Crippen molar-refractivity contribution in [3.8, 4) is 11.5 Å². The Morgan fingerprint density at radius 1 is 1.30 bits per heavy atom. The van der Waals surface area contributed by atoms with Crippen molar-refractivity contribution in [2.45, 2.75) is 6.10 Å². The SMILES string of the molecule is O=C(NCC(O)C(=O)O)c1ccc(-c2nnco2)cc1. The van der Waals surface area contributed by atoms with Crippen LogP contribution < -0.4 is 5.32 Å². The van der Waals surface area contributed by atoms with E-state index in [1.807, 2.05) is 0 Å². The molecule has 104 valence electrons. The molecule has 0 aliphatic carbocycles. The van der Waals surface area contributed by atoms with Gasteiger partial charge in [-0.05, 0) is 24.3 Å². The van der Waals surface area contributed by atoms with Crippen LogP contribution in [0.1, 0.15) is 10.4 Å². The first-order chi connectivity index (χ1) is 9.58. The minimum absolute atomic E-state index is 0.325. The van der Waals surface area contributed by atoms with Crippen LogP contribution in [0, 0.1) is 0 Å². The number of amides is 1. The van der Waals surface area contributed by atoms with Crippen LogP contribution in [-0.4, -0.2) is 44.9 Å². The first-order valence-corrected chi connectivity index (χ1v) is 5.63. The Hall–Kier alpha value is -2.74. The molecule has 0 aliphatic heterocycles. The molecule has 0 spiro atoms. The first-order valence-electron chi connectivity index (χ1n) is 5.63. The molecule has 2 aromatic rings. The number of carbonyl (C=O) groups excluding carboxylic acids is 1. The molecule has 1 amide bonds. The number of aliphatic hydroxyl groups is 1. The molecule has 8 heteroatoms. The van der Waals surface area contributed by atoms with Crippen LogP contribution in [0.2, 0.25) is 0 Å². The van der Waals surface area contributed by atoms with E-state index in [0.717, 1.165) is 0 Å². The molecule has 2 rings (SSSR count). The summed E-state index contributed by atoms with van der Waals surface area (Å²) in [6.07, 6.45) is -0.430. The van der Waals surface area contributed by atoms with Gasteiger partial charge in [0.05, 0.1) is 6.54 Å². The van der Waals surface area contributed by atoms with Crippen molar-refractivity contribution in [3.05, 3.63) is 36.2 Å². The number of hydrogen-bond donors (Lipinski definition) is 3. The number of nitrogens with one attached hydrogen (secondary N) is 1. The van der Waals surface area contributed by atoms with Gasteiger partial charge in [-0.3, -0.25) is 4.79 Å². The van der Waals surface area contributed by atoms with Gasteiger partial charge in [0.2, 0.25) is 12.3 Å². The standard InChI is InChI=1S/C12H11N3O5/c16-9(12(18)19)5-13-10(17)7-1-3-8(4-2-7)11-15-14-6-20-11/h1-4,6,9,16H,5H2,(H,13,17)(H,18,19). The van der Waals surface area contributed by atoms with Crippen LogP contribution in [-0.2, 0) is 4.79 Å². The van der Waals surface area contributed by atoms with Crippen molar-refractivity contribution < 1.29 is 24.2 Å². The third kappa shape index (κ3) is 3.18. The minimum Gasteiger partial charge on any atom is -0.479 e. The molecule has 1 atom stereocenters. The van der Waals surface area contributed by atoms with E-state index in [1.54, 1.807) is 12.1 Å². The number of benzene rings is 1. The predicted octanol–water partition coefficient (Wildman–Crippen LogP) is -0.0881. The van der Waals surface area contributed by atoms with Crippen molar-refractivity contribution in [3.63, 3.8) is 0 Å². The molecular formula is C12H11N3O5. The van der Waals surface area contributed by atoms with Gasteiger partial charge in [0, 0.05) is 11.1 Å². The lowest BCUT2D eigenvalue weighted by atomic mass is 10.1. The van der Waals surface area contributed by atoms with Gasteiger partial charge in [0.1, 0.15) is 0 Å². The van der Waals surface area contributed by atoms with Gasteiger partial charge in [-0.25, -0.2) is 4.79 Å². The van der Waals surface area contributed by atoms with Crippen LogP contribution in [0.4, 0.5) is 0 Å². The number of aliphatic carboxylic acids is 1. The van der Waals surface area contributed by atoms with Gasteiger partial charge in [-0.2, -0.15) is 0 Å². The molecule has 0 fully saturated rings. The number of carbonyl (C=O) groups is 2. The van der Waals surface area contributed by atoms with Crippen molar-refractivity contribution in [1.82, 2.24) is 15.5 Å². The fourth-order valence-electron chi connectivity index (χ4n) is 1.44. The second kappa shape index (κ2) is 5.93. The smallest absolute Gasteiger partial charge is 0.334 e. The third-order valence-electron chi connectivity index (χ3n) is 2.50. The number of nitrogens with zero attached hydrogens (tertiary/aromatic N) is 2. The first kappa shape index (κ1) is 13.7. The zero-order valence-electron chi connectivity index (χ0n) is 10.2. The lowest BCUT2D eigenvalue weighted by Gasteiger charge is -2.07. The molecular weight excluding hydrogens is 266 g/mol. The summed E-state index contributed by atoms with van der Waals surface area (Å²) in [4.78, 5) is 22.1. The Morgan fingerprint density at radius 2 is 2.00 bits per heavy atom. The van der Waals surface area contributed by atoms with Crippen LogP contribution in [0.5, 0.6) is 0 Å². The largest absolute Gasteiger partial charge is 0.479 e. The topological polar surface area (TPSA) is 126 Å². The Balaban J connectivity index is 1.99. The Kier molecular flexibility index (Phi) is 4.06. The summed E-state index contributed by atoms with van der Waals surface area (Å²) in [5.74, 6) is -1.54. The van der Waals surface area contributed by atoms with E-state index in [-0.39, 0.29) is 6.54 Å². The summed E-state index contributed by atoms with van der Waals surface area (Å²) in [5, 5.41) is 27.1. The highest BCUT2D eigenvalue weighted by atomic mass is 16.4. The highest BCUT2D eigenvalue weighted by Gasteiger charge is 2.15. The Bertz CT molecular complexity index is 594. The summed E-state index contributed by atoms with van der Waals surface area (Å²) >= 11 is 0. The van der Waals surface area contributed by atoms with Gasteiger partial charge in [0.15, 0.2) is 6.10 Å². The maximum absolute atomic E-state index is 11.7. The number of aromatic nitrogens is 2. The molecule has 1 aromatic heterocycles. The van der Waals surface area contributed by atoms with Crippen molar-refractivity contribution in [2.75, 3.05) is 6.54 Å². The second-order valence-electron chi connectivity index (χ2n) is 3.89. The molecule has 0 aliphatic rings. The molecule has 1 unspecified atom stereocenters. The summed E-state index contributed by atoms with van der Waals surface area (Å²) in [6.45, 7) is -0.362. The van der Waals surface area contributed by atoms with Gasteiger partial charge in [-0.15, -0.1) is 10.2 Å². The number of carboxylic acids is 1. The van der Waals surface area contributed by atoms with Gasteiger partial charge >= 0.3 is 5.97 Å². The van der Waals surface area contributed by atoms with E-state index in [9.17, 15) is 9.59 Å². The molecule has 20 heavy (non-hydrogen) atoms. The average molecular weight is 277 g/mol. The third-order valence-corrected chi connectivity index (χ3v) is 2.50. The van der Waals surface area contributed by atoms with E-state index < -0.39 is 18.0 Å². The minimum atomic E-state index is -1.63. The molecule has 0 saturated carbocycles. The highest BCUT2D eigenvalue weighted by Crippen LogP contribution is 2.16. The van der Waals surface area contributed by atoms with Crippen molar-refractivity contribution in [2.24, 2.45) is 0 Å². The van der Waals surface area contributed by atoms with Gasteiger partial charge in [-0.1, -0.05) is 0 Å². The summed E-state index contributed by atoms with van der Waals surface area (Å²) in [5.41, 5.74) is 0.982. The molecule has 8 nitrogen and oxygen atoms in total. The Morgan fingerprint density at radius 3 is 2.55 bits per heavy atom. The van der Waals surface area contributed by atoms with E-state index in [2.05, 4.69) is 15.5 Å². The number of carboxylic acid groups (broad SMARTS) is 1. The summed E-state index contributed by atoms with van der Waals surface area (Å²) < 4.78 is 5.00. The van der Waals surface area contributed by atoms with Crippen LogP contribution in [0.25, 0.3) is 11.5 Å². The fraction of sp³-hybridized carbons (Fsp3) is 0.167. The van der Waals surface area contributed by atoms with Crippen LogP contribution in [0.3, 0.4) is 0 Å². The molecule has 1 aromatic carbocycles. The normalized spacial score (nSPS) is 11.8. The summed E-state index contributed by atoms with van der Waals surface area (Å²) in [6, 6.07) is 6.30. The zero-order chi connectivity index (χ0) is 14.5. The molecule has 1 heterocycles. The van der Waals surface area contributed by atoms with E-state index in [1.165, 1.54) is 18.5 Å². The molecule has 0 saturated heterocycles. The van der Waals surface area contributed by atoms with E-state index in [0.29, 0.717) is 17.0 Å². The van der Waals surface area contributed by atoms with E-state index >= 15 is 0 Å². The monoisotopic (exact) mass is 277 g/mol. The van der Waals surface area contributed by atoms with Crippen LogP contribution >= 0.6 is 0 Å². The quantitative estimate of drug-likeness (QED) is 0.697. The van der Waals surface area contributed by atoms with Gasteiger partial charge < -0.3 is 19.9 Å². The predicted molar refractivity (Wildman–Crippen MR) is 65.7 cm³/mol. The molecule has 0 radical (unpaired) electrons. The lowest BCUT2D eigenvalue weighted by molar-refractivity contribution is -0.146. The van der Waals surface area contributed by atoms with Crippen molar-refractivity contribution >= 4 is 11.9 Å². The highest BCUT2D eigenvalue weighted by molar-refractivity contribution is 5.94. The number of rotatable bonds is 5. The second-order valence-corrected chi connectivity index (χ2v) is 3.89. The molecule has 3 N–H and O–H groups in total. The average Bonchev–Trinajstić information content (AvgIpc) is 2.98. The fourth-order valence-corrected chi connectivity index (χ4v) is 1.44. The summed E-state index contributed by atoms with van der Waals surface area (Å²) in [7, 11) is 0. The maximum atomic E-state index is 11.7. The molecule has 0 bridgehead atoms. The zero-order valence-corrected chi connectivity index (χ0v) is 10.2. The lowest BCUT2D eigenvalue weighted by Crippen LogP contribution is -2.36.